The highest BCUT2D eigenvalue weighted by Crippen LogP contribution is 2.13. The molecule has 0 radical (unpaired) electrons. The molecule has 0 aliphatic rings. The molecule has 0 aliphatic carbocycles. The molecule has 0 aliphatic heterocycles. The summed E-state index contributed by atoms with van der Waals surface area (Å²) in [6.07, 6.45) is 0.840. The number of rotatable bonds is 6. The van der Waals surface area contributed by atoms with Gasteiger partial charge in [0.2, 0.25) is 0 Å². The maximum atomic E-state index is 11.7. The van der Waals surface area contributed by atoms with Crippen LogP contribution in [0.25, 0.3) is 11.5 Å². The van der Waals surface area contributed by atoms with Crippen LogP contribution in [0.2, 0.25) is 0 Å². The zero-order valence-electron chi connectivity index (χ0n) is 11.5. The van der Waals surface area contributed by atoms with Gasteiger partial charge >= 0.3 is 0 Å². The Balaban J connectivity index is 2.43. The Bertz CT molecular complexity index is 688. The zero-order chi connectivity index (χ0) is 14.5. The van der Waals surface area contributed by atoms with Gasteiger partial charge in [-0.25, -0.2) is 4.68 Å². The van der Waals surface area contributed by atoms with Gasteiger partial charge in [0, 0.05) is 19.7 Å². The fourth-order valence-corrected chi connectivity index (χ4v) is 2.07. The molecular formula is C12H17N5O2S. The van der Waals surface area contributed by atoms with Gasteiger partial charge < -0.3 is 4.74 Å². The second kappa shape index (κ2) is 6.58. The highest BCUT2D eigenvalue weighted by Gasteiger charge is 2.11. The van der Waals surface area contributed by atoms with Gasteiger partial charge in [-0.15, -0.1) is 0 Å². The number of aromatic amines is 1. The highest BCUT2D eigenvalue weighted by atomic mass is 32.1. The van der Waals surface area contributed by atoms with Crippen molar-refractivity contribution in [3.05, 3.63) is 27.3 Å². The van der Waals surface area contributed by atoms with Crippen molar-refractivity contribution in [2.24, 2.45) is 0 Å². The van der Waals surface area contributed by atoms with Crippen LogP contribution in [-0.4, -0.2) is 38.3 Å². The van der Waals surface area contributed by atoms with Gasteiger partial charge in [0.15, 0.2) is 10.6 Å². The van der Waals surface area contributed by atoms with Crippen molar-refractivity contribution in [2.45, 2.75) is 26.4 Å². The van der Waals surface area contributed by atoms with Crippen LogP contribution >= 0.6 is 12.2 Å². The predicted molar refractivity (Wildman–Crippen MR) is 77.1 cm³/mol. The van der Waals surface area contributed by atoms with Crippen LogP contribution in [0.1, 0.15) is 13.3 Å². The van der Waals surface area contributed by atoms with E-state index >= 15 is 0 Å². The summed E-state index contributed by atoms with van der Waals surface area (Å²) < 4.78 is 8.81. The van der Waals surface area contributed by atoms with Gasteiger partial charge in [-0.3, -0.25) is 14.5 Å². The monoisotopic (exact) mass is 295 g/mol. The van der Waals surface area contributed by atoms with Crippen LogP contribution in [-0.2, 0) is 17.8 Å². The molecule has 0 saturated carbocycles. The van der Waals surface area contributed by atoms with Crippen LogP contribution in [0.4, 0.5) is 0 Å². The predicted octanol–water partition coefficient (Wildman–Crippen LogP) is 1.22. The molecule has 0 unspecified atom stereocenters. The summed E-state index contributed by atoms with van der Waals surface area (Å²) in [4.78, 5) is 11.7. The third-order valence-electron chi connectivity index (χ3n) is 2.81. The Morgan fingerprint density at radius 1 is 1.40 bits per heavy atom. The van der Waals surface area contributed by atoms with Crippen LogP contribution in [0, 0.1) is 4.77 Å². The number of nitrogens with zero attached hydrogens (tertiary/aromatic N) is 4. The minimum Gasteiger partial charge on any atom is -0.383 e. The molecule has 0 atom stereocenters. The summed E-state index contributed by atoms with van der Waals surface area (Å²) in [5.41, 5.74) is 0.495. The Labute approximate surface area is 121 Å². The van der Waals surface area contributed by atoms with Gasteiger partial charge in [-0.1, -0.05) is 6.92 Å². The van der Waals surface area contributed by atoms with E-state index in [0.717, 1.165) is 6.42 Å². The lowest BCUT2D eigenvalue weighted by molar-refractivity contribution is 0.187. The lowest BCUT2D eigenvalue weighted by Crippen LogP contribution is -2.22. The first-order chi connectivity index (χ1) is 9.67. The number of hydrogen-bond donors (Lipinski definition) is 1. The van der Waals surface area contributed by atoms with Crippen molar-refractivity contribution in [1.82, 2.24) is 24.5 Å². The van der Waals surface area contributed by atoms with Crippen molar-refractivity contribution in [3.8, 4) is 11.5 Å². The van der Waals surface area contributed by atoms with Crippen LogP contribution in [0.15, 0.2) is 16.9 Å². The van der Waals surface area contributed by atoms with E-state index in [1.165, 1.54) is 10.7 Å². The Kier molecular flexibility index (Phi) is 4.80. The van der Waals surface area contributed by atoms with E-state index < -0.39 is 0 Å². The standard InChI is InChI=1S/C12H17N5O2S/c1-3-6-17-10(18)5-4-9(15-17)11-13-14-12(20)16(11)7-8-19-2/h4-5H,3,6-8H2,1-2H3,(H,14,20). The molecule has 2 aromatic rings. The number of aryl methyl sites for hydroxylation is 1. The minimum atomic E-state index is -0.117. The van der Waals surface area contributed by atoms with Crippen molar-refractivity contribution in [1.29, 1.82) is 0 Å². The van der Waals surface area contributed by atoms with Gasteiger partial charge in [0.25, 0.3) is 5.56 Å². The molecule has 0 aromatic carbocycles. The van der Waals surface area contributed by atoms with E-state index in [1.807, 2.05) is 11.5 Å². The molecule has 0 spiro atoms. The number of H-pyrrole nitrogens is 1. The Morgan fingerprint density at radius 2 is 2.20 bits per heavy atom. The molecule has 20 heavy (non-hydrogen) atoms. The van der Waals surface area contributed by atoms with Crippen molar-refractivity contribution in [3.63, 3.8) is 0 Å². The van der Waals surface area contributed by atoms with Crippen LogP contribution < -0.4 is 5.56 Å². The van der Waals surface area contributed by atoms with Gasteiger partial charge in [-0.2, -0.15) is 10.2 Å². The molecule has 0 fully saturated rings. The van der Waals surface area contributed by atoms with Crippen molar-refractivity contribution >= 4 is 12.2 Å². The third-order valence-corrected chi connectivity index (χ3v) is 3.12. The number of ether oxygens (including phenoxy) is 1. The smallest absolute Gasteiger partial charge is 0.266 e. The fourth-order valence-electron chi connectivity index (χ4n) is 1.84. The third kappa shape index (κ3) is 3.02. The quantitative estimate of drug-likeness (QED) is 0.811. The molecule has 108 valence electrons. The summed E-state index contributed by atoms with van der Waals surface area (Å²) in [6, 6.07) is 3.15. The van der Waals surface area contributed by atoms with Crippen LogP contribution in [0.3, 0.4) is 0 Å². The van der Waals surface area contributed by atoms with Crippen molar-refractivity contribution < 1.29 is 4.74 Å². The van der Waals surface area contributed by atoms with E-state index in [1.54, 1.807) is 13.2 Å². The SMILES string of the molecule is CCCn1nc(-c2n[nH]c(=S)n2CCOC)ccc1=O. The topological polar surface area (TPSA) is 77.7 Å². The minimum absolute atomic E-state index is 0.117. The molecule has 0 saturated heterocycles. The summed E-state index contributed by atoms with van der Waals surface area (Å²) in [6.45, 7) is 3.68. The number of hydrogen-bond acceptors (Lipinski definition) is 5. The maximum Gasteiger partial charge on any atom is 0.266 e. The Hall–Kier alpha value is -1.80. The second-order valence-corrected chi connectivity index (χ2v) is 4.66. The van der Waals surface area contributed by atoms with Gasteiger partial charge in [0.05, 0.1) is 13.2 Å². The van der Waals surface area contributed by atoms with Crippen LogP contribution in [0.5, 0.6) is 0 Å². The molecule has 0 bridgehead atoms. The van der Waals surface area contributed by atoms with E-state index in [-0.39, 0.29) is 5.56 Å². The summed E-state index contributed by atoms with van der Waals surface area (Å²) in [7, 11) is 1.63. The lowest BCUT2D eigenvalue weighted by atomic mass is 10.3. The first-order valence-corrected chi connectivity index (χ1v) is 6.81. The molecule has 8 heteroatoms. The molecule has 1 N–H and O–H groups in total. The molecular weight excluding hydrogens is 278 g/mol. The number of methoxy groups -OCH3 is 1. The number of aromatic nitrogens is 5. The summed E-state index contributed by atoms with van der Waals surface area (Å²) in [5.74, 6) is 0.608. The normalized spacial score (nSPS) is 10.9. The van der Waals surface area contributed by atoms with E-state index in [2.05, 4.69) is 15.3 Å². The van der Waals surface area contributed by atoms with Gasteiger partial charge in [-0.05, 0) is 24.7 Å². The second-order valence-electron chi connectivity index (χ2n) is 4.28. The highest BCUT2D eigenvalue weighted by molar-refractivity contribution is 7.71. The molecule has 7 nitrogen and oxygen atoms in total. The van der Waals surface area contributed by atoms with Gasteiger partial charge in [0.1, 0.15) is 5.69 Å². The number of nitrogens with one attached hydrogen (secondary N) is 1. The van der Waals surface area contributed by atoms with E-state index in [0.29, 0.717) is 36.0 Å². The zero-order valence-corrected chi connectivity index (χ0v) is 12.3. The molecule has 0 amide bonds. The lowest BCUT2D eigenvalue weighted by Gasteiger charge is -2.07. The van der Waals surface area contributed by atoms with E-state index in [9.17, 15) is 4.79 Å². The first-order valence-electron chi connectivity index (χ1n) is 6.40. The summed E-state index contributed by atoms with van der Waals surface area (Å²) in [5, 5.41) is 11.3. The average Bonchev–Trinajstić information content (AvgIpc) is 2.80. The summed E-state index contributed by atoms with van der Waals surface area (Å²) >= 11 is 5.19. The molecule has 2 heterocycles. The molecule has 2 aromatic heterocycles. The fraction of sp³-hybridized carbons (Fsp3) is 0.500. The Morgan fingerprint density at radius 3 is 2.90 bits per heavy atom. The molecule has 2 rings (SSSR count). The van der Waals surface area contributed by atoms with E-state index in [4.69, 9.17) is 17.0 Å². The maximum absolute atomic E-state index is 11.7. The largest absolute Gasteiger partial charge is 0.383 e. The first kappa shape index (κ1) is 14.6. The van der Waals surface area contributed by atoms with Crippen molar-refractivity contribution in [2.75, 3.05) is 13.7 Å². The average molecular weight is 295 g/mol.